The monoisotopic (exact) mass is 306 g/mol. The van der Waals surface area contributed by atoms with Gasteiger partial charge in [0.2, 0.25) is 0 Å². The first-order valence-electron chi connectivity index (χ1n) is 8.45. The molecule has 1 aromatic carbocycles. The minimum absolute atomic E-state index is 0.0378. The van der Waals surface area contributed by atoms with Gasteiger partial charge in [0.15, 0.2) is 0 Å². The molecule has 0 aliphatic rings. The zero-order chi connectivity index (χ0) is 16.2. The van der Waals surface area contributed by atoms with Crippen molar-refractivity contribution in [3.8, 4) is 5.75 Å². The van der Waals surface area contributed by atoms with E-state index in [-0.39, 0.29) is 6.03 Å². The van der Waals surface area contributed by atoms with E-state index in [1.54, 1.807) is 0 Å². The lowest BCUT2D eigenvalue weighted by Crippen LogP contribution is -2.40. The highest BCUT2D eigenvalue weighted by molar-refractivity contribution is 5.74. The second kappa shape index (κ2) is 10.9. The lowest BCUT2D eigenvalue weighted by atomic mass is 10.2. The van der Waals surface area contributed by atoms with Gasteiger partial charge in [0.05, 0.1) is 6.61 Å². The zero-order valence-electron chi connectivity index (χ0n) is 14.2. The summed E-state index contributed by atoms with van der Waals surface area (Å²) in [6.07, 6.45) is 4.32. The zero-order valence-corrected chi connectivity index (χ0v) is 14.2. The molecule has 0 radical (unpaired) electrons. The van der Waals surface area contributed by atoms with Crippen molar-refractivity contribution in [2.75, 3.05) is 19.7 Å². The molecule has 22 heavy (non-hydrogen) atoms. The third-order valence-corrected chi connectivity index (χ3v) is 3.53. The minimum Gasteiger partial charge on any atom is -0.494 e. The van der Waals surface area contributed by atoms with Crippen LogP contribution in [0.15, 0.2) is 24.3 Å². The van der Waals surface area contributed by atoms with E-state index < -0.39 is 0 Å². The number of unbranched alkanes of at least 4 members (excludes halogenated alkanes) is 2. The van der Waals surface area contributed by atoms with Crippen LogP contribution in [0.4, 0.5) is 4.79 Å². The second-order valence-electron chi connectivity index (χ2n) is 5.43. The summed E-state index contributed by atoms with van der Waals surface area (Å²) in [5.74, 6) is 0.866. The van der Waals surface area contributed by atoms with Crippen molar-refractivity contribution >= 4 is 6.03 Å². The number of carbonyl (C=O) groups excluding carboxylic acids is 1. The molecule has 0 atom stereocenters. The molecule has 1 rings (SSSR count). The van der Waals surface area contributed by atoms with Crippen LogP contribution in [-0.4, -0.2) is 30.6 Å². The van der Waals surface area contributed by atoms with Gasteiger partial charge < -0.3 is 15.0 Å². The Morgan fingerprint density at radius 2 is 1.64 bits per heavy atom. The fourth-order valence-electron chi connectivity index (χ4n) is 2.17. The lowest BCUT2D eigenvalue weighted by molar-refractivity contribution is 0.195. The number of carbonyl (C=O) groups is 1. The third kappa shape index (κ3) is 6.83. The van der Waals surface area contributed by atoms with E-state index in [4.69, 9.17) is 4.74 Å². The summed E-state index contributed by atoms with van der Waals surface area (Å²) in [7, 11) is 0. The molecule has 1 aromatic rings. The Bertz CT molecular complexity index is 410. The summed E-state index contributed by atoms with van der Waals surface area (Å²) < 4.78 is 5.42. The molecule has 0 saturated heterocycles. The molecule has 0 fully saturated rings. The molecule has 4 heteroatoms. The van der Waals surface area contributed by atoms with Crippen LogP contribution in [-0.2, 0) is 6.54 Å². The van der Waals surface area contributed by atoms with E-state index in [0.29, 0.717) is 13.2 Å². The molecule has 4 nitrogen and oxygen atoms in total. The molecular formula is C18H30N2O2. The Kier molecular flexibility index (Phi) is 9.12. The van der Waals surface area contributed by atoms with Gasteiger partial charge in [0.1, 0.15) is 5.75 Å². The van der Waals surface area contributed by atoms with Crippen LogP contribution >= 0.6 is 0 Å². The summed E-state index contributed by atoms with van der Waals surface area (Å²) in [6, 6.07) is 7.91. The maximum absolute atomic E-state index is 12.3. The van der Waals surface area contributed by atoms with E-state index in [2.05, 4.69) is 19.2 Å². The Morgan fingerprint density at radius 1 is 1.05 bits per heavy atom. The number of benzene rings is 1. The average Bonchev–Trinajstić information content (AvgIpc) is 2.54. The summed E-state index contributed by atoms with van der Waals surface area (Å²) in [5, 5.41) is 3.01. The number of nitrogens with zero attached hydrogens (tertiary/aromatic N) is 1. The van der Waals surface area contributed by atoms with Gasteiger partial charge in [-0.25, -0.2) is 4.79 Å². The van der Waals surface area contributed by atoms with E-state index >= 15 is 0 Å². The molecule has 0 bridgehead atoms. The molecule has 0 saturated carbocycles. The van der Waals surface area contributed by atoms with Crippen LogP contribution < -0.4 is 10.1 Å². The summed E-state index contributed by atoms with van der Waals surface area (Å²) in [6.45, 7) is 9.16. The minimum atomic E-state index is 0.0378. The molecule has 2 amide bonds. The van der Waals surface area contributed by atoms with Crippen LogP contribution in [0.25, 0.3) is 0 Å². The Morgan fingerprint density at radius 3 is 2.14 bits per heavy atom. The van der Waals surface area contributed by atoms with Gasteiger partial charge >= 0.3 is 6.03 Å². The molecule has 0 aliphatic carbocycles. The highest BCUT2D eigenvalue weighted by Gasteiger charge is 2.11. The van der Waals surface area contributed by atoms with Gasteiger partial charge in [0, 0.05) is 19.6 Å². The molecule has 0 spiro atoms. The molecule has 1 N–H and O–H groups in total. The number of rotatable bonds is 10. The average molecular weight is 306 g/mol. The first-order chi connectivity index (χ1) is 10.7. The van der Waals surface area contributed by atoms with Crippen LogP contribution in [0, 0.1) is 0 Å². The van der Waals surface area contributed by atoms with Crippen molar-refractivity contribution in [2.24, 2.45) is 0 Å². The van der Waals surface area contributed by atoms with Gasteiger partial charge in [-0.05, 0) is 37.5 Å². The van der Waals surface area contributed by atoms with Crippen LogP contribution in [0.5, 0.6) is 5.75 Å². The molecule has 0 heterocycles. The first kappa shape index (κ1) is 18.3. The van der Waals surface area contributed by atoms with E-state index in [1.807, 2.05) is 36.1 Å². The van der Waals surface area contributed by atoms with Crippen molar-refractivity contribution in [1.29, 1.82) is 0 Å². The van der Waals surface area contributed by atoms with Crippen LogP contribution in [0.1, 0.15) is 52.0 Å². The fourth-order valence-corrected chi connectivity index (χ4v) is 2.17. The van der Waals surface area contributed by atoms with Crippen molar-refractivity contribution in [3.63, 3.8) is 0 Å². The first-order valence-corrected chi connectivity index (χ1v) is 8.45. The van der Waals surface area contributed by atoms with E-state index in [9.17, 15) is 4.79 Å². The molecule has 124 valence electrons. The molecule has 0 aromatic heterocycles. The van der Waals surface area contributed by atoms with Crippen molar-refractivity contribution in [1.82, 2.24) is 10.2 Å². The Labute approximate surface area is 134 Å². The number of nitrogens with one attached hydrogen (secondary N) is 1. The predicted molar refractivity (Wildman–Crippen MR) is 91.2 cm³/mol. The van der Waals surface area contributed by atoms with Gasteiger partial charge in [-0.2, -0.15) is 0 Å². The smallest absolute Gasteiger partial charge is 0.317 e. The van der Waals surface area contributed by atoms with Gasteiger partial charge in [-0.1, -0.05) is 38.8 Å². The van der Waals surface area contributed by atoms with Crippen LogP contribution in [0.2, 0.25) is 0 Å². The van der Waals surface area contributed by atoms with Crippen molar-refractivity contribution in [2.45, 2.75) is 53.0 Å². The summed E-state index contributed by atoms with van der Waals surface area (Å²) >= 11 is 0. The predicted octanol–water partition coefficient (Wildman–Crippen LogP) is 4.20. The highest BCUT2D eigenvalue weighted by atomic mass is 16.5. The normalized spacial score (nSPS) is 10.3. The molecular weight excluding hydrogens is 276 g/mol. The number of ether oxygens (including phenoxy) is 1. The maximum Gasteiger partial charge on any atom is 0.317 e. The SMILES string of the molecule is CCCCN(CCCC)C(=O)NCc1ccc(OCC)cc1. The number of hydrogen-bond acceptors (Lipinski definition) is 2. The number of hydrogen-bond donors (Lipinski definition) is 1. The van der Waals surface area contributed by atoms with Crippen LogP contribution in [0.3, 0.4) is 0 Å². The quantitative estimate of drug-likeness (QED) is 0.704. The molecule has 0 aliphatic heterocycles. The molecule has 0 unspecified atom stereocenters. The Balaban J connectivity index is 2.46. The van der Waals surface area contributed by atoms with Gasteiger partial charge in [-0.15, -0.1) is 0 Å². The standard InChI is InChI=1S/C18H30N2O2/c1-4-7-13-20(14-8-5-2)18(21)19-15-16-9-11-17(12-10-16)22-6-3/h9-12H,4-8,13-15H2,1-3H3,(H,19,21). The van der Waals surface area contributed by atoms with Gasteiger partial charge in [0.25, 0.3) is 0 Å². The van der Waals surface area contributed by atoms with E-state index in [1.165, 1.54) is 0 Å². The lowest BCUT2D eigenvalue weighted by Gasteiger charge is -2.23. The topological polar surface area (TPSA) is 41.6 Å². The van der Waals surface area contributed by atoms with Gasteiger partial charge in [-0.3, -0.25) is 0 Å². The second-order valence-corrected chi connectivity index (χ2v) is 5.43. The Hall–Kier alpha value is -1.71. The maximum atomic E-state index is 12.3. The summed E-state index contributed by atoms with van der Waals surface area (Å²) in [5.41, 5.74) is 1.09. The van der Waals surface area contributed by atoms with Crippen molar-refractivity contribution < 1.29 is 9.53 Å². The largest absolute Gasteiger partial charge is 0.494 e. The van der Waals surface area contributed by atoms with E-state index in [0.717, 1.165) is 50.1 Å². The fraction of sp³-hybridized carbons (Fsp3) is 0.611. The third-order valence-electron chi connectivity index (χ3n) is 3.53. The highest BCUT2D eigenvalue weighted by Crippen LogP contribution is 2.12. The number of urea groups is 1. The summed E-state index contributed by atoms with van der Waals surface area (Å²) in [4.78, 5) is 14.2. The number of amides is 2. The van der Waals surface area contributed by atoms with Crippen molar-refractivity contribution in [3.05, 3.63) is 29.8 Å².